The maximum absolute atomic E-state index is 5.39. The lowest BCUT2D eigenvalue weighted by molar-refractivity contribution is 0.412. The van der Waals surface area contributed by atoms with Crippen molar-refractivity contribution in [3.8, 4) is 11.4 Å². The molecular weight excluding hydrogens is 214 g/mol. The average Bonchev–Trinajstić information content (AvgIpc) is 2.77. The smallest absolute Gasteiger partial charge is 0.142 e. The summed E-state index contributed by atoms with van der Waals surface area (Å²) in [4.78, 5) is 4.33. The van der Waals surface area contributed by atoms with Crippen molar-refractivity contribution in [3.63, 3.8) is 0 Å². The highest BCUT2D eigenvalue weighted by molar-refractivity contribution is 5.49. The topological polar surface area (TPSA) is 39.1 Å². The van der Waals surface area contributed by atoms with Gasteiger partial charge in [0.05, 0.1) is 19.3 Å². The summed E-state index contributed by atoms with van der Waals surface area (Å²) in [5.74, 6) is 1.82. The van der Waals surface area contributed by atoms with E-state index in [1.807, 2.05) is 29.9 Å². The molecule has 4 heteroatoms. The molecule has 1 N–H and O–H groups in total. The van der Waals surface area contributed by atoms with Crippen LogP contribution in [-0.2, 0) is 6.54 Å². The van der Waals surface area contributed by atoms with Crippen LogP contribution < -0.4 is 10.1 Å². The molecule has 2 rings (SSSR count). The third-order valence-corrected chi connectivity index (χ3v) is 2.65. The van der Waals surface area contributed by atoms with Crippen LogP contribution in [0.4, 0.5) is 0 Å². The number of nitrogens with zero attached hydrogens (tertiary/aromatic N) is 2. The molecule has 0 amide bonds. The van der Waals surface area contributed by atoms with Crippen LogP contribution in [0.3, 0.4) is 0 Å². The third-order valence-electron chi connectivity index (χ3n) is 2.65. The van der Waals surface area contributed by atoms with E-state index in [1.165, 1.54) is 5.56 Å². The Bertz CT molecular complexity index is 505. The Labute approximate surface area is 101 Å². The molecule has 0 aliphatic carbocycles. The Balaban J connectivity index is 2.51. The maximum atomic E-state index is 5.39. The van der Waals surface area contributed by atoms with Crippen molar-refractivity contribution < 1.29 is 4.74 Å². The molecule has 0 bridgehead atoms. The SMILES string of the molecule is CNCc1nccn1-c1cc(C)ccc1OC. The second-order valence-corrected chi connectivity index (χ2v) is 3.92. The van der Waals surface area contributed by atoms with Crippen molar-refractivity contribution in [2.24, 2.45) is 0 Å². The molecule has 1 aromatic heterocycles. The van der Waals surface area contributed by atoms with Crippen molar-refractivity contribution in [2.45, 2.75) is 13.5 Å². The largest absolute Gasteiger partial charge is 0.495 e. The quantitative estimate of drug-likeness (QED) is 0.873. The molecule has 1 aromatic carbocycles. The lowest BCUT2D eigenvalue weighted by Crippen LogP contribution is -2.11. The standard InChI is InChI=1S/C13H17N3O/c1-10-4-5-12(17-3)11(8-10)16-7-6-15-13(16)9-14-2/h4-8,14H,9H2,1-3H3. The van der Waals surface area contributed by atoms with Crippen LogP contribution in [0.25, 0.3) is 5.69 Å². The first-order chi connectivity index (χ1) is 8.26. The van der Waals surface area contributed by atoms with Crippen LogP contribution >= 0.6 is 0 Å². The van der Waals surface area contributed by atoms with E-state index in [9.17, 15) is 0 Å². The number of benzene rings is 1. The first-order valence-electron chi connectivity index (χ1n) is 5.58. The normalized spacial score (nSPS) is 10.5. The fourth-order valence-electron chi connectivity index (χ4n) is 1.83. The van der Waals surface area contributed by atoms with E-state index in [0.29, 0.717) is 0 Å². The second kappa shape index (κ2) is 5.01. The summed E-state index contributed by atoms with van der Waals surface area (Å²) in [5, 5.41) is 3.11. The van der Waals surface area contributed by atoms with Crippen molar-refractivity contribution in [1.29, 1.82) is 0 Å². The Morgan fingerprint density at radius 2 is 2.24 bits per heavy atom. The molecule has 2 aromatic rings. The number of ether oxygens (including phenoxy) is 1. The summed E-state index contributed by atoms with van der Waals surface area (Å²) in [7, 11) is 3.59. The van der Waals surface area contributed by atoms with Gasteiger partial charge in [-0.25, -0.2) is 4.98 Å². The van der Waals surface area contributed by atoms with Gasteiger partial charge in [0, 0.05) is 12.4 Å². The molecule has 90 valence electrons. The van der Waals surface area contributed by atoms with Crippen LogP contribution in [0.5, 0.6) is 5.75 Å². The van der Waals surface area contributed by atoms with Gasteiger partial charge in [0.25, 0.3) is 0 Å². The maximum Gasteiger partial charge on any atom is 0.142 e. The van der Waals surface area contributed by atoms with Crippen molar-refractivity contribution in [2.75, 3.05) is 14.2 Å². The molecule has 4 nitrogen and oxygen atoms in total. The molecule has 0 saturated heterocycles. The monoisotopic (exact) mass is 231 g/mol. The lowest BCUT2D eigenvalue weighted by atomic mass is 10.2. The van der Waals surface area contributed by atoms with Crippen LogP contribution in [0, 0.1) is 6.92 Å². The number of aromatic nitrogens is 2. The number of imidazole rings is 1. The summed E-state index contributed by atoms with van der Waals surface area (Å²) in [6.45, 7) is 2.79. The minimum atomic E-state index is 0.726. The predicted molar refractivity (Wildman–Crippen MR) is 67.6 cm³/mol. The highest BCUT2D eigenvalue weighted by Gasteiger charge is 2.09. The van der Waals surface area contributed by atoms with Gasteiger partial charge in [-0.3, -0.25) is 4.57 Å². The highest BCUT2D eigenvalue weighted by Crippen LogP contribution is 2.24. The van der Waals surface area contributed by atoms with Gasteiger partial charge >= 0.3 is 0 Å². The van der Waals surface area contributed by atoms with Crippen LogP contribution in [-0.4, -0.2) is 23.7 Å². The summed E-state index contributed by atoms with van der Waals surface area (Å²) in [6, 6.07) is 6.12. The summed E-state index contributed by atoms with van der Waals surface area (Å²) in [6.07, 6.45) is 3.75. The molecule has 0 spiro atoms. The van der Waals surface area contributed by atoms with E-state index in [0.717, 1.165) is 23.8 Å². The zero-order chi connectivity index (χ0) is 12.3. The first kappa shape index (κ1) is 11.7. The van der Waals surface area contributed by atoms with Gasteiger partial charge in [-0.05, 0) is 31.7 Å². The molecule has 0 fully saturated rings. The molecule has 0 aliphatic heterocycles. The Morgan fingerprint density at radius 1 is 1.41 bits per heavy atom. The fraction of sp³-hybridized carbons (Fsp3) is 0.308. The molecule has 0 aliphatic rings. The van der Waals surface area contributed by atoms with E-state index >= 15 is 0 Å². The van der Waals surface area contributed by atoms with Crippen LogP contribution in [0.2, 0.25) is 0 Å². The average molecular weight is 231 g/mol. The van der Waals surface area contributed by atoms with E-state index in [2.05, 4.69) is 23.3 Å². The van der Waals surface area contributed by atoms with Crippen molar-refractivity contribution in [1.82, 2.24) is 14.9 Å². The Kier molecular flexibility index (Phi) is 3.44. The summed E-state index contributed by atoms with van der Waals surface area (Å²) < 4.78 is 7.43. The first-order valence-corrected chi connectivity index (χ1v) is 5.58. The van der Waals surface area contributed by atoms with Gasteiger partial charge < -0.3 is 10.1 Å². The Morgan fingerprint density at radius 3 is 2.94 bits per heavy atom. The highest BCUT2D eigenvalue weighted by atomic mass is 16.5. The predicted octanol–water partition coefficient (Wildman–Crippen LogP) is 1.91. The van der Waals surface area contributed by atoms with Crippen molar-refractivity contribution >= 4 is 0 Å². The molecule has 17 heavy (non-hydrogen) atoms. The van der Waals surface area contributed by atoms with E-state index in [-0.39, 0.29) is 0 Å². The van der Waals surface area contributed by atoms with Gasteiger partial charge in [-0.15, -0.1) is 0 Å². The zero-order valence-corrected chi connectivity index (χ0v) is 10.4. The molecule has 0 unspecified atom stereocenters. The minimum absolute atomic E-state index is 0.726. The summed E-state index contributed by atoms with van der Waals surface area (Å²) >= 11 is 0. The molecule has 0 radical (unpaired) electrons. The lowest BCUT2D eigenvalue weighted by Gasteiger charge is -2.12. The van der Waals surface area contributed by atoms with Gasteiger partial charge in [-0.2, -0.15) is 0 Å². The number of rotatable bonds is 4. The number of hydrogen-bond donors (Lipinski definition) is 1. The molecule has 1 heterocycles. The number of methoxy groups -OCH3 is 1. The number of nitrogens with one attached hydrogen (secondary N) is 1. The molecular formula is C13H17N3O. The number of hydrogen-bond acceptors (Lipinski definition) is 3. The van der Waals surface area contributed by atoms with E-state index < -0.39 is 0 Å². The van der Waals surface area contributed by atoms with Gasteiger partial charge in [-0.1, -0.05) is 6.07 Å². The van der Waals surface area contributed by atoms with Gasteiger partial charge in [0.1, 0.15) is 11.6 Å². The molecule has 0 atom stereocenters. The van der Waals surface area contributed by atoms with Gasteiger partial charge in [0.2, 0.25) is 0 Å². The number of aryl methyl sites for hydroxylation is 1. The zero-order valence-electron chi connectivity index (χ0n) is 10.4. The van der Waals surface area contributed by atoms with Crippen molar-refractivity contribution in [3.05, 3.63) is 42.0 Å². The van der Waals surface area contributed by atoms with Gasteiger partial charge in [0.15, 0.2) is 0 Å². The minimum Gasteiger partial charge on any atom is -0.495 e. The summed E-state index contributed by atoms with van der Waals surface area (Å²) in [5.41, 5.74) is 2.22. The molecule has 0 saturated carbocycles. The van der Waals surface area contributed by atoms with Crippen LogP contribution in [0.1, 0.15) is 11.4 Å². The second-order valence-electron chi connectivity index (χ2n) is 3.92. The fourth-order valence-corrected chi connectivity index (χ4v) is 1.83. The Hall–Kier alpha value is -1.81. The van der Waals surface area contributed by atoms with E-state index in [4.69, 9.17) is 4.74 Å². The third kappa shape index (κ3) is 2.31. The van der Waals surface area contributed by atoms with Crippen LogP contribution in [0.15, 0.2) is 30.6 Å². The van der Waals surface area contributed by atoms with E-state index in [1.54, 1.807) is 13.3 Å².